The van der Waals surface area contributed by atoms with Crippen molar-refractivity contribution < 1.29 is 8.78 Å². The fourth-order valence-electron chi connectivity index (χ4n) is 5.12. The van der Waals surface area contributed by atoms with Gasteiger partial charge in [-0.1, -0.05) is 90.3 Å². The molecule has 0 bridgehead atoms. The quantitative estimate of drug-likeness (QED) is 0.259. The molecule has 0 atom stereocenters. The Morgan fingerprint density at radius 1 is 0.611 bits per heavy atom. The van der Waals surface area contributed by atoms with Crippen LogP contribution in [0.2, 0.25) is 0 Å². The van der Waals surface area contributed by atoms with E-state index in [0.29, 0.717) is 27.8 Å². The van der Waals surface area contributed by atoms with Crippen LogP contribution in [0.25, 0.3) is 20.4 Å². The molecule has 0 aliphatic heterocycles. The van der Waals surface area contributed by atoms with Gasteiger partial charge in [0, 0.05) is 11.1 Å². The highest BCUT2D eigenvalue weighted by atomic mass is 32.1. The largest absolute Gasteiger partial charge is 0.203 e. The highest BCUT2D eigenvalue weighted by Crippen LogP contribution is 2.45. The van der Waals surface area contributed by atoms with Crippen molar-refractivity contribution in [2.24, 2.45) is 0 Å². The third-order valence-electron chi connectivity index (χ3n) is 7.33. The van der Waals surface area contributed by atoms with E-state index in [1.54, 1.807) is 0 Å². The molecule has 4 nitrogen and oxygen atoms in total. The summed E-state index contributed by atoms with van der Waals surface area (Å²) in [6, 6.07) is 4.35. The molecule has 4 rings (SSSR count). The van der Waals surface area contributed by atoms with Gasteiger partial charge in [0.15, 0.2) is 11.6 Å². The number of hydrogen-bond donors (Lipinski definition) is 0. The zero-order chi connectivity index (χ0) is 26.8. The first-order valence-electron chi connectivity index (χ1n) is 12.4. The Labute approximate surface area is 220 Å². The summed E-state index contributed by atoms with van der Waals surface area (Å²) in [5.41, 5.74) is 3.01. The maximum atomic E-state index is 15.7. The standard InChI is InChI=1S/C28H36F2N4S2/c1-25(2,3)15-11-12-16(23-21(15)31-33-35-23)27(7,8)13-14-28(9,10)17-19(29)20(30)18(26(4,5)6)24-22(17)32-34-36-24/h11-12H,13-14H2,1-10H3. The van der Waals surface area contributed by atoms with Crippen molar-refractivity contribution in [2.45, 2.75) is 104 Å². The van der Waals surface area contributed by atoms with Crippen molar-refractivity contribution >= 4 is 43.5 Å². The Bertz CT molecular complexity index is 1440. The van der Waals surface area contributed by atoms with Gasteiger partial charge < -0.3 is 0 Å². The van der Waals surface area contributed by atoms with Gasteiger partial charge in [-0.3, -0.25) is 0 Å². The Balaban J connectivity index is 1.73. The second-order valence-corrected chi connectivity index (χ2v) is 14.7. The summed E-state index contributed by atoms with van der Waals surface area (Å²) >= 11 is 2.56. The maximum Gasteiger partial charge on any atom is 0.165 e. The molecule has 194 valence electrons. The molecule has 0 unspecified atom stereocenters. The van der Waals surface area contributed by atoms with Gasteiger partial charge in [-0.05, 0) is 68.7 Å². The van der Waals surface area contributed by atoms with Gasteiger partial charge in [0.2, 0.25) is 0 Å². The van der Waals surface area contributed by atoms with Crippen LogP contribution in [0, 0.1) is 11.6 Å². The predicted molar refractivity (Wildman–Crippen MR) is 147 cm³/mol. The Morgan fingerprint density at radius 2 is 1.11 bits per heavy atom. The van der Waals surface area contributed by atoms with E-state index in [4.69, 9.17) is 0 Å². The molecule has 2 aromatic carbocycles. The maximum absolute atomic E-state index is 15.7. The van der Waals surface area contributed by atoms with Gasteiger partial charge in [0.25, 0.3) is 0 Å². The van der Waals surface area contributed by atoms with E-state index in [0.717, 1.165) is 28.2 Å². The Kier molecular flexibility index (Phi) is 6.57. The minimum Gasteiger partial charge on any atom is -0.203 e. The van der Waals surface area contributed by atoms with Crippen LogP contribution in [-0.2, 0) is 21.7 Å². The van der Waals surface area contributed by atoms with Crippen molar-refractivity contribution in [3.05, 3.63) is 46.0 Å². The number of aromatic nitrogens is 4. The average Bonchev–Trinajstić information content (AvgIpc) is 3.40. The summed E-state index contributed by atoms with van der Waals surface area (Å²) in [6.45, 7) is 20.6. The molecule has 0 saturated carbocycles. The van der Waals surface area contributed by atoms with Crippen molar-refractivity contribution in [1.82, 2.24) is 19.2 Å². The average molecular weight is 531 g/mol. The molecule has 0 amide bonds. The first-order chi connectivity index (χ1) is 16.5. The number of halogens is 2. The van der Waals surface area contributed by atoms with Crippen LogP contribution >= 0.6 is 23.1 Å². The Hall–Kier alpha value is -2.06. The molecule has 0 aliphatic carbocycles. The minimum atomic E-state index is -0.800. The molecule has 36 heavy (non-hydrogen) atoms. The molecular weight excluding hydrogens is 494 g/mol. The summed E-state index contributed by atoms with van der Waals surface area (Å²) in [5.74, 6) is -1.58. The van der Waals surface area contributed by atoms with Gasteiger partial charge >= 0.3 is 0 Å². The molecule has 0 spiro atoms. The first-order valence-corrected chi connectivity index (χ1v) is 13.9. The number of fused-ring (bicyclic) bond motifs is 2. The highest BCUT2D eigenvalue weighted by molar-refractivity contribution is 7.13. The van der Waals surface area contributed by atoms with Gasteiger partial charge in [0.1, 0.15) is 11.0 Å². The topological polar surface area (TPSA) is 51.6 Å². The summed E-state index contributed by atoms with van der Waals surface area (Å²) < 4.78 is 41.3. The van der Waals surface area contributed by atoms with Crippen LogP contribution in [0.3, 0.4) is 0 Å². The fraction of sp³-hybridized carbons (Fsp3) is 0.571. The van der Waals surface area contributed by atoms with E-state index in [9.17, 15) is 0 Å². The van der Waals surface area contributed by atoms with Gasteiger partial charge in [-0.2, -0.15) is 0 Å². The zero-order valence-electron chi connectivity index (χ0n) is 22.9. The van der Waals surface area contributed by atoms with Gasteiger partial charge in [0.05, 0.1) is 9.40 Å². The normalized spacial score (nSPS) is 13.8. The fourth-order valence-corrected chi connectivity index (χ4v) is 6.92. The number of hydrogen-bond acceptors (Lipinski definition) is 6. The molecule has 0 fully saturated rings. The number of benzene rings is 2. The lowest BCUT2D eigenvalue weighted by atomic mass is 9.71. The third-order valence-corrected chi connectivity index (χ3v) is 8.83. The van der Waals surface area contributed by atoms with Crippen LogP contribution in [0.1, 0.15) is 104 Å². The lowest BCUT2D eigenvalue weighted by Gasteiger charge is -2.33. The van der Waals surface area contributed by atoms with E-state index in [2.05, 4.69) is 65.9 Å². The zero-order valence-corrected chi connectivity index (χ0v) is 24.6. The lowest BCUT2D eigenvalue weighted by Crippen LogP contribution is -2.27. The van der Waals surface area contributed by atoms with Crippen LogP contribution in [0.15, 0.2) is 12.1 Å². The molecule has 0 aliphatic rings. The summed E-state index contributed by atoms with van der Waals surface area (Å²) in [7, 11) is 0. The molecule has 0 N–H and O–H groups in total. The highest BCUT2D eigenvalue weighted by Gasteiger charge is 2.37. The summed E-state index contributed by atoms with van der Waals surface area (Å²) in [5, 5.41) is 8.73. The second-order valence-electron chi connectivity index (χ2n) is 13.2. The van der Waals surface area contributed by atoms with Crippen molar-refractivity contribution in [3.8, 4) is 0 Å². The molecule has 2 heterocycles. The molecule has 8 heteroatoms. The smallest absolute Gasteiger partial charge is 0.165 e. The van der Waals surface area contributed by atoms with E-state index in [1.807, 2.05) is 34.6 Å². The van der Waals surface area contributed by atoms with Crippen molar-refractivity contribution in [1.29, 1.82) is 0 Å². The molecule has 4 aromatic rings. The second kappa shape index (κ2) is 8.76. The summed E-state index contributed by atoms with van der Waals surface area (Å²) in [6.07, 6.45) is 1.41. The molecule has 0 radical (unpaired) electrons. The van der Waals surface area contributed by atoms with E-state index < -0.39 is 22.5 Å². The minimum absolute atomic E-state index is 0.0353. The predicted octanol–water partition coefficient (Wildman–Crippen LogP) is 8.60. The van der Waals surface area contributed by atoms with E-state index in [-0.39, 0.29) is 10.8 Å². The van der Waals surface area contributed by atoms with Crippen molar-refractivity contribution in [3.63, 3.8) is 0 Å². The van der Waals surface area contributed by atoms with Crippen LogP contribution in [-0.4, -0.2) is 19.2 Å². The van der Waals surface area contributed by atoms with E-state index >= 15 is 8.78 Å². The SMILES string of the molecule is CC(C)(C)c1ccc(C(C)(C)CCC(C)(C)c2c(F)c(F)c(C(C)(C)C)c3snnc23)c2snnc12. The number of rotatable bonds is 5. The van der Waals surface area contributed by atoms with Crippen molar-refractivity contribution in [2.75, 3.05) is 0 Å². The lowest BCUT2D eigenvalue weighted by molar-refractivity contribution is 0.361. The van der Waals surface area contributed by atoms with Crippen LogP contribution in [0.5, 0.6) is 0 Å². The van der Waals surface area contributed by atoms with Gasteiger partial charge in [-0.25, -0.2) is 8.78 Å². The first kappa shape index (κ1) is 27.0. The van der Waals surface area contributed by atoms with E-state index in [1.165, 1.54) is 22.7 Å². The number of nitrogens with zero attached hydrogens (tertiary/aromatic N) is 4. The molecular formula is C28H36F2N4S2. The van der Waals surface area contributed by atoms with Gasteiger partial charge in [-0.15, -0.1) is 10.2 Å². The monoisotopic (exact) mass is 530 g/mol. The Morgan fingerprint density at radius 3 is 1.69 bits per heavy atom. The van der Waals surface area contributed by atoms with Crippen LogP contribution in [0.4, 0.5) is 8.78 Å². The molecule has 2 aromatic heterocycles. The summed E-state index contributed by atoms with van der Waals surface area (Å²) in [4.78, 5) is 0. The van der Waals surface area contributed by atoms with Crippen LogP contribution < -0.4 is 0 Å². The third kappa shape index (κ3) is 4.55. The molecule has 0 saturated heterocycles.